The highest BCUT2D eigenvalue weighted by Gasteiger charge is 2.15. The lowest BCUT2D eigenvalue weighted by molar-refractivity contribution is 0.0964. The van der Waals surface area contributed by atoms with Gasteiger partial charge in [-0.05, 0) is 39.0 Å². The minimum absolute atomic E-state index is 0.0983. The molecule has 1 rings (SSSR count). The van der Waals surface area contributed by atoms with Crippen LogP contribution in [0, 0.1) is 0 Å². The van der Waals surface area contributed by atoms with Crippen LogP contribution in [0.5, 0.6) is 0 Å². The number of nitrogen functional groups attached to an aromatic ring is 1. The van der Waals surface area contributed by atoms with E-state index in [1.165, 1.54) is 0 Å². The molecule has 1 amide bonds. The van der Waals surface area contributed by atoms with Gasteiger partial charge in [-0.2, -0.15) is 0 Å². The van der Waals surface area contributed by atoms with Crippen molar-refractivity contribution in [1.29, 1.82) is 0 Å². The summed E-state index contributed by atoms with van der Waals surface area (Å²) in [5.41, 5.74) is 7.52. The molecule has 0 fully saturated rings. The number of nitrogens with two attached hydrogens (primary N) is 1. The van der Waals surface area contributed by atoms with Crippen molar-refractivity contribution in [2.45, 2.75) is 26.3 Å². The molecule has 4 heteroatoms. The number of rotatable bonds is 2. The van der Waals surface area contributed by atoms with Crippen LogP contribution in [0.3, 0.4) is 0 Å². The number of hydrogen-bond donors (Lipinski definition) is 3. The number of carbonyl (C=O) groups is 1. The van der Waals surface area contributed by atoms with E-state index in [4.69, 9.17) is 5.73 Å². The summed E-state index contributed by atoms with van der Waals surface area (Å²) in [7, 11) is 1.60. The smallest absolute Gasteiger partial charge is 0.253 e. The molecule has 1 aromatic rings. The van der Waals surface area contributed by atoms with Crippen molar-refractivity contribution < 1.29 is 4.79 Å². The SMILES string of the molecule is CNC(=O)c1cc(N)ccc1NC(C)(C)C. The van der Waals surface area contributed by atoms with Crippen LogP contribution in [0.15, 0.2) is 18.2 Å². The predicted molar refractivity (Wildman–Crippen MR) is 67.6 cm³/mol. The quantitative estimate of drug-likeness (QED) is 0.667. The molecule has 0 aliphatic carbocycles. The van der Waals surface area contributed by atoms with Crippen LogP contribution in [-0.2, 0) is 0 Å². The first-order chi connectivity index (χ1) is 7.33. The maximum Gasteiger partial charge on any atom is 0.253 e. The van der Waals surface area contributed by atoms with Crippen LogP contribution in [0.4, 0.5) is 11.4 Å². The average molecular weight is 221 g/mol. The van der Waals surface area contributed by atoms with Gasteiger partial charge in [-0.3, -0.25) is 4.79 Å². The topological polar surface area (TPSA) is 67.2 Å². The van der Waals surface area contributed by atoms with Crippen molar-refractivity contribution >= 4 is 17.3 Å². The first-order valence-electron chi connectivity index (χ1n) is 5.23. The second-order valence-electron chi connectivity index (χ2n) is 4.76. The fourth-order valence-electron chi connectivity index (χ4n) is 1.40. The fourth-order valence-corrected chi connectivity index (χ4v) is 1.40. The Balaban J connectivity index is 3.13. The van der Waals surface area contributed by atoms with Gasteiger partial charge in [-0.25, -0.2) is 0 Å². The third-order valence-corrected chi connectivity index (χ3v) is 2.02. The molecule has 1 aromatic carbocycles. The highest BCUT2D eigenvalue weighted by Crippen LogP contribution is 2.22. The van der Waals surface area contributed by atoms with Gasteiger partial charge < -0.3 is 16.4 Å². The Bertz CT molecular complexity index is 394. The van der Waals surface area contributed by atoms with Crippen molar-refractivity contribution in [3.8, 4) is 0 Å². The lowest BCUT2D eigenvalue weighted by Crippen LogP contribution is -2.28. The van der Waals surface area contributed by atoms with Gasteiger partial charge >= 0.3 is 0 Å². The van der Waals surface area contributed by atoms with E-state index in [0.717, 1.165) is 5.69 Å². The summed E-state index contributed by atoms with van der Waals surface area (Å²) in [6, 6.07) is 5.28. The minimum atomic E-state index is -0.140. The van der Waals surface area contributed by atoms with Crippen molar-refractivity contribution in [3.05, 3.63) is 23.8 Å². The molecular formula is C12H19N3O. The van der Waals surface area contributed by atoms with Crippen LogP contribution in [0.1, 0.15) is 31.1 Å². The van der Waals surface area contributed by atoms with E-state index in [2.05, 4.69) is 10.6 Å². The molecule has 0 aromatic heterocycles. The van der Waals surface area contributed by atoms with Gasteiger partial charge in [-0.1, -0.05) is 0 Å². The molecule has 4 N–H and O–H groups in total. The van der Waals surface area contributed by atoms with Gasteiger partial charge in [0, 0.05) is 24.0 Å². The Labute approximate surface area is 96.2 Å². The van der Waals surface area contributed by atoms with E-state index in [-0.39, 0.29) is 11.4 Å². The Kier molecular flexibility index (Phi) is 3.42. The zero-order valence-corrected chi connectivity index (χ0v) is 10.2. The van der Waals surface area contributed by atoms with Gasteiger partial charge in [0.2, 0.25) is 0 Å². The Morgan fingerprint density at radius 2 is 1.94 bits per heavy atom. The van der Waals surface area contributed by atoms with Crippen LogP contribution in [-0.4, -0.2) is 18.5 Å². The van der Waals surface area contributed by atoms with Crippen LogP contribution < -0.4 is 16.4 Å². The summed E-state index contributed by atoms with van der Waals surface area (Å²) in [6.45, 7) is 6.12. The monoisotopic (exact) mass is 221 g/mol. The number of nitrogens with one attached hydrogen (secondary N) is 2. The maximum absolute atomic E-state index is 11.7. The first kappa shape index (κ1) is 12.4. The largest absolute Gasteiger partial charge is 0.399 e. The average Bonchev–Trinajstić information content (AvgIpc) is 2.17. The summed E-state index contributed by atoms with van der Waals surface area (Å²) < 4.78 is 0. The number of hydrogen-bond acceptors (Lipinski definition) is 3. The molecule has 0 heterocycles. The van der Waals surface area contributed by atoms with Crippen molar-refractivity contribution in [2.24, 2.45) is 0 Å². The van der Waals surface area contributed by atoms with Gasteiger partial charge in [0.15, 0.2) is 0 Å². The molecule has 0 saturated heterocycles. The van der Waals surface area contributed by atoms with Crippen molar-refractivity contribution in [1.82, 2.24) is 5.32 Å². The normalized spacial score (nSPS) is 11.0. The van der Waals surface area contributed by atoms with Gasteiger partial charge in [-0.15, -0.1) is 0 Å². The van der Waals surface area contributed by atoms with Crippen LogP contribution in [0.2, 0.25) is 0 Å². The predicted octanol–water partition coefficient (Wildman–Crippen LogP) is 1.84. The second kappa shape index (κ2) is 4.43. The number of amides is 1. The minimum Gasteiger partial charge on any atom is -0.399 e. The summed E-state index contributed by atoms with van der Waals surface area (Å²) in [4.78, 5) is 11.7. The zero-order valence-electron chi connectivity index (χ0n) is 10.2. The Morgan fingerprint density at radius 3 is 2.44 bits per heavy atom. The third kappa shape index (κ3) is 3.15. The molecule has 0 aliphatic rings. The summed E-state index contributed by atoms with van der Waals surface area (Å²) in [5, 5.41) is 5.88. The molecule has 0 saturated carbocycles. The highest BCUT2D eigenvalue weighted by atomic mass is 16.1. The standard InChI is InChI=1S/C12H19N3O/c1-12(2,3)15-10-6-5-8(13)7-9(10)11(16)14-4/h5-7,15H,13H2,1-4H3,(H,14,16). The van der Waals surface area contributed by atoms with Crippen molar-refractivity contribution in [3.63, 3.8) is 0 Å². The second-order valence-corrected chi connectivity index (χ2v) is 4.76. The summed E-state index contributed by atoms with van der Waals surface area (Å²) >= 11 is 0. The fraction of sp³-hybridized carbons (Fsp3) is 0.417. The zero-order chi connectivity index (χ0) is 12.3. The van der Waals surface area contributed by atoms with Crippen LogP contribution >= 0.6 is 0 Å². The van der Waals surface area contributed by atoms with Gasteiger partial charge in [0.05, 0.1) is 5.56 Å². The Morgan fingerprint density at radius 1 is 1.31 bits per heavy atom. The summed E-state index contributed by atoms with van der Waals surface area (Å²) in [5.74, 6) is -0.140. The maximum atomic E-state index is 11.7. The molecule has 0 unspecified atom stereocenters. The van der Waals surface area contributed by atoms with E-state index in [1.54, 1.807) is 19.2 Å². The van der Waals surface area contributed by atoms with Gasteiger partial charge in [0.25, 0.3) is 5.91 Å². The van der Waals surface area contributed by atoms with E-state index in [9.17, 15) is 4.79 Å². The summed E-state index contributed by atoms with van der Waals surface area (Å²) in [6.07, 6.45) is 0. The van der Waals surface area contributed by atoms with Crippen molar-refractivity contribution in [2.75, 3.05) is 18.1 Å². The van der Waals surface area contributed by atoms with E-state index in [0.29, 0.717) is 11.3 Å². The number of carbonyl (C=O) groups excluding carboxylic acids is 1. The van der Waals surface area contributed by atoms with E-state index >= 15 is 0 Å². The molecular weight excluding hydrogens is 202 g/mol. The molecule has 0 spiro atoms. The number of anilines is 2. The van der Waals surface area contributed by atoms with Crippen LogP contribution in [0.25, 0.3) is 0 Å². The molecule has 0 bridgehead atoms. The highest BCUT2D eigenvalue weighted by molar-refractivity contribution is 6.00. The van der Waals surface area contributed by atoms with E-state index in [1.807, 2.05) is 26.8 Å². The lowest BCUT2D eigenvalue weighted by atomic mass is 10.1. The molecule has 88 valence electrons. The number of benzene rings is 1. The van der Waals surface area contributed by atoms with E-state index < -0.39 is 0 Å². The molecule has 0 aliphatic heterocycles. The first-order valence-corrected chi connectivity index (χ1v) is 5.23. The lowest BCUT2D eigenvalue weighted by Gasteiger charge is -2.24. The molecule has 0 radical (unpaired) electrons. The molecule has 0 atom stereocenters. The Hall–Kier alpha value is -1.71. The molecule has 16 heavy (non-hydrogen) atoms. The van der Waals surface area contributed by atoms with Gasteiger partial charge in [0.1, 0.15) is 0 Å². The third-order valence-electron chi connectivity index (χ3n) is 2.02. The molecule has 4 nitrogen and oxygen atoms in total.